The fourth-order valence-electron chi connectivity index (χ4n) is 4.60. The fourth-order valence-corrected chi connectivity index (χ4v) is 4.79. The molecule has 170 valence electrons. The van der Waals surface area contributed by atoms with Crippen LogP contribution in [0.15, 0.2) is 43.0 Å². The number of hydrogen-bond acceptors (Lipinski definition) is 5. The van der Waals surface area contributed by atoms with Gasteiger partial charge < -0.3 is 19.3 Å². The topological polar surface area (TPSA) is 89.0 Å². The SMILES string of the molecule is CC(C)(O)O.Cn1c(CCC2CCC(n3ccc4c(Cl)ncnc43)C2)cc2ncccc21. The van der Waals surface area contributed by atoms with E-state index in [4.69, 9.17) is 21.8 Å². The van der Waals surface area contributed by atoms with Crippen molar-refractivity contribution in [3.63, 3.8) is 0 Å². The minimum Gasteiger partial charge on any atom is -0.366 e. The van der Waals surface area contributed by atoms with Crippen LogP contribution in [-0.4, -0.2) is 40.1 Å². The maximum Gasteiger partial charge on any atom is 0.156 e. The fraction of sp³-hybridized carbons (Fsp3) is 0.458. The lowest BCUT2D eigenvalue weighted by molar-refractivity contribution is -0.127. The molecule has 1 aliphatic carbocycles. The van der Waals surface area contributed by atoms with E-state index in [2.05, 4.69) is 49.5 Å². The molecule has 0 radical (unpaired) electrons. The highest BCUT2D eigenvalue weighted by Gasteiger charge is 2.27. The molecule has 0 spiro atoms. The number of aromatic nitrogens is 5. The standard InChI is InChI=1S/C21H22ClN5.C3H8O2/c1-26-15(12-18-19(26)3-2-9-23-18)6-4-14-5-7-16(11-14)27-10-8-17-20(22)24-13-25-21(17)27;1-3(2,4)5/h2-3,8-10,12-14,16H,4-7,11H2,1H3;4-5H,1-2H3. The predicted molar refractivity (Wildman–Crippen MR) is 126 cm³/mol. The molecule has 32 heavy (non-hydrogen) atoms. The van der Waals surface area contributed by atoms with Crippen LogP contribution >= 0.6 is 11.6 Å². The van der Waals surface area contributed by atoms with Gasteiger partial charge in [-0.15, -0.1) is 0 Å². The van der Waals surface area contributed by atoms with E-state index in [0.29, 0.717) is 11.2 Å². The Morgan fingerprint density at radius 1 is 1.16 bits per heavy atom. The molecule has 2 unspecified atom stereocenters. The van der Waals surface area contributed by atoms with Gasteiger partial charge in [-0.1, -0.05) is 11.6 Å². The molecule has 0 aliphatic heterocycles. The number of nitrogens with zero attached hydrogens (tertiary/aromatic N) is 5. The molecule has 0 saturated heterocycles. The third-order valence-electron chi connectivity index (χ3n) is 6.09. The van der Waals surface area contributed by atoms with Crippen molar-refractivity contribution in [1.82, 2.24) is 24.1 Å². The van der Waals surface area contributed by atoms with Crippen LogP contribution in [0.4, 0.5) is 0 Å². The van der Waals surface area contributed by atoms with E-state index in [1.165, 1.54) is 50.7 Å². The molecule has 2 N–H and O–H groups in total. The van der Waals surface area contributed by atoms with Crippen LogP contribution in [-0.2, 0) is 13.5 Å². The van der Waals surface area contributed by atoms with Crippen molar-refractivity contribution in [2.24, 2.45) is 13.0 Å². The molecule has 4 aromatic heterocycles. The molecule has 1 fully saturated rings. The Kier molecular flexibility index (Phi) is 6.51. The summed E-state index contributed by atoms with van der Waals surface area (Å²) in [6.07, 6.45) is 11.5. The number of hydrogen-bond donors (Lipinski definition) is 2. The third kappa shape index (κ3) is 5.11. The second kappa shape index (κ2) is 9.17. The van der Waals surface area contributed by atoms with Gasteiger partial charge in [0.2, 0.25) is 0 Å². The molecule has 4 heterocycles. The average molecular weight is 456 g/mol. The summed E-state index contributed by atoms with van der Waals surface area (Å²) in [6, 6.07) is 8.92. The van der Waals surface area contributed by atoms with Crippen LogP contribution in [0.25, 0.3) is 22.1 Å². The molecule has 7 nitrogen and oxygen atoms in total. The molecule has 1 aliphatic rings. The van der Waals surface area contributed by atoms with E-state index in [9.17, 15) is 0 Å². The van der Waals surface area contributed by atoms with Crippen LogP contribution in [0.1, 0.15) is 51.3 Å². The van der Waals surface area contributed by atoms with E-state index in [0.717, 1.165) is 28.9 Å². The average Bonchev–Trinajstić information content (AvgIpc) is 3.43. The van der Waals surface area contributed by atoms with Crippen LogP contribution in [0.5, 0.6) is 0 Å². The van der Waals surface area contributed by atoms with Crippen molar-refractivity contribution >= 4 is 33.7 Å². The van der Waals surface area contributed by atoms with Gasteiger partial charge in [-0.25, -0.2) is 9.97 Å². The molecule has 4 aromatic rings. The molecular weight excluding hydrogens is 426 g/mol. The van der Waals surface area contributed by atoms with Crippen molar-refractivity contribution < 1.29 is 10.2 Å². The normalized spacial score (nSPS) is 18.8. The van der Waals surface area contributed by atoms with Gasteiger partial charge in [0.25, 0.3) is 0 Å². The second-order valence-corrected chi connectivity index (χ2v) is 9.45. The first-order valence-corrected chi connectivity index (χ1v) is 11.4. The van der Waals surface area contributed by atoms with Gasteiger partial charge in [-0.2, -0.15) is 0 Å². The number of aryl methyl sites for hydroxylation is 2. The lowest BCUT2D eigenvalue weighted by Gasteiger charge is -2.14. The van der Waals surface area contributed by atoms with Gasteiger partial charge in [-0.05, 0) is 76.1 Å². The molecule has 0 bridgehead atoms. The predicted octanol–water partition coefficient (Wildman–Crippen LogP) is 4.65. The first-order valence-electron chi connectivity index (χ1n) is 11.0. The molecule has 8 heteroatoms. The number of rotatable bonds is 4. The number of pyridine rings is 1. The summed E-state index contributed by atoms with van der Waals surface area (Å²) < 4.78 is 4.58. The third-order valence-corrected chi connectivity index (χ3v) is 6.39. The minimum atomic E-state index is -1.50. The van der Waals surface area contributed by atoms with Crippen LogP contribution < -0.4 is 0 Å². The summed E-state index contributed by atoms with van der Waals surface area (Å²) in [7, 11) is 2.15. The van der Waals surface area contributed by atoms with E-state index < -0.39 is 5.79 Å². The Bertz CT molecular complexity index is 1200. The summed E-state index contributed by atoms with van der Waals surface area (Å²) in [4.78, 5) is 13.0. The van der Waals surface area contributed by atoms with Crippen LogP contribution in [0, 0.1) is 5.92 Å². The Labute approximate surface area is 192 Å². The maximum absolute atomic E-state index is 8.08. The number of halogens is 1. The van der Waals surface area contributed by atoms with Gasteiger partial charge in [0, 0.05) is 31.2 Å². The molecular formula is C24H30ClN5O2. The molecule has 0 amide bonds. The van der Waals surface area contributed by atoms with Crippen LogP contribution in [0.2, 0.25) is 5.15 Å². The Morgan fingerprint density at radius 3 is 2.69 bits per heavy atom. The number of fused-ring (bicyclic) bond motifs is 2. The Hall–Kier alpha value is -2.48. The first kappa shape index (κ1) is 22.7. The zero-order valence-electron chi connectivity index (χ0n) is 18.7. The summed E-state index contributed by atoms with van der Waals surface area (Å²) in [6.45, 7) is 2.60. The molecule has 0 aromatic carbocycles. The first-order chi connectivity index (χ1) is 15.2. The summed E-state index contributed by atoms with van der Waals surface area (Å²) >= 11 is 6.20. The highest BCUT2D eigenvalue weighted by molar-refractivity contribution is 6.33. The maximum atomic E-state index is 8.08. The van der Waals surface area contributed by atoms with Crippen molar-refractivity contribution in [1.29, 1.82) is 0 Å². The van der Waals surface area contributed by atoms with Crippen molar-refractivity contribution in [3.8, 4) is 0 Å². The molecule has 1 saturated carbocycles. The van der Waals surface area contributed by atoms with E-state index in [-0.39, 0.29) is 0 Å². The van der Waals surface area contributed by atoms with Gasteiger partial charge in [0.05, 0.1) is 16.4 Å². The largest absolute Gasteiger partial charge is 0.366 e. The Morgan fingerprint density at radius 2 is 1.94 bits per heavy atom. The van der Waals surface area contributed by atoms with E-state index in [1.54, 1.807) is 6.33 Å². The zero-order valence-corrected chi connectivity index (χ0v) is 19.5. The highest BCUT2D eigenvalue weighted by Crippen LogP contribution is 2.39. The zero-order chi connectivity index (χ0) is 22.9. The molecule has 5 rings (SSSR count). The van der Waals surface area contributed by atoms with Crippen molar-refractivity contribution in [2.45, 2.75) is 57.8 Å². The lowest BCUT2D eigenvalue weighted by atomic mass is 10.0. The quantitative estimate of drug-likeness (QED) is 0.345. The van der Waals surface area contributed by atoms with Gasteiger partial charge in [0.15, 0.2) is 5.79 Å². The van der Waals surface area contributed by atoms with Gasteiger partial charge in [-0.3, -0.25) is 4.98 Å². The molecule has 2 atom stereocenters. The smallest absolute Gasteiger partial charge is 0.156 e. The summed E-state index contributed by atoms with van der Waals surface area (Å²) in [5.41, 5.74) is 4.64. The lowest BCUT2D eigenvalue weighted by Crippen LogP contribution is -2.15. The second-order valence-electron chi connectivity index (χ2n) is 9.09. The monoisotopic (exact) mass is 455 g/mol. The van der Waals surface area contributed by atoms with Gasteiger partial charge >= 0.3 is 0 Å². The van der Waals surface area contributed by atoms with E-state index in [1.807, 2.05) is 18.3 Å². The van der Waals surface area contributed by atoms with Gasteiger partial charge in [0.1, 0.15) is 17.1 Å². The van der Waals surface area contributed by atoms with Crippen molar-refractivity contribution in [2.75, 3.05) is 0 Å². The summed E-state index contributed by atoms with van der Waals surface area (Å²) in [5.74, 6) is -0.754. The minimum absolute atomic E-state index is 0.507. The Balaban J connectivity index is 0.000000444. The van der Waals surface area contributed by atoms with E-state index >= 15 is 0 Å². The highest BCUT2D eigenvalue weighted by atomic mass is 35.5. The van der Waals surface area contributed by atoms with Crippen molar-refractivity contribution in [3.05, 3.63) is 53.8 Å². The summed E-state index contributed by atoms with van der Waals surface area (Å²) in [5, 5.41) is 17.6. The van der Waals surface area contributed by atoms with Crippen LogP contribution in [0.3, 0.4) is 0 Å². The number of aliphatic hydroxyl groups is 2.